The lowest BCUT2D eigenvalue weighted by Crippen LogP contribution is -2.15. The summed E-state index contributed by atoms with van der Waals surface area (Å²) in [6.07, 6.45) is 0. The molecular formula is C21H22ClN3O3. The predicted octanol–water partition coefficient (Wildman–Crippen LogP) is 4.47. The van der Waals surface area contributed by atoms with Crippen LogP contribution in [0.2, 0.25) is 5.02 Å². The Hall–Kier alpha value is -2.99. The summed E-state index contributed by atoms with van der Waals surface area (Å²) < 4.78 is 12.5. The van der Waals surface area contributed by atoms with Crippen molar-refractivity contribution >= 4 is 23.2 Å². The molecule has 1 heterocycles. The van der Waals surface area contributed by atoms with Crippen LogP contribution < -0.4 is 14.8 Å². The van der Waals surface area contributed by atoms with E-state index >= 15 is 0 Å². The van der Waals surface area contributed by atoms with Gasteiger partial charge in [-0.15, -0.1) is 0 Å². The van der Waals surface area contributed by atoms with E-state index in [0.29, 0.717) is 34.3 Å². The van der Waals surface area contributed by atoms with Crippen LogP contribution in [-0.2, 0) is 6.54 Å². The molecule has 7 heteroatoms. The Balaban J connectivity index is 1.87. The molecule has 3 rings (SSSR count). The lowest BCUT2D eigenvalue weighted by atomic mass is 10.1. The molecule has 0 saturated carbocycles. The number of hydrogen-bond acceptors (Lipinski definition) is 4. The third-order valence-corrected chi connectivity index (χ3v) is 4.72. The zero-order valence-corrected chi connectivity index (χ0v) is 17.0. The first-order valence-corrected chi connectivity index (χ1v) is 9.13. The summed E-state index contributed by atoms with van der Waals surface area (Å²) in [7, 11) is 3.04. The van der Waals surface area contributed by atoms with Crippen molar-refractivity contribution in [3.8, 4) is 11.5 Å². The second-order valence-corrected chi connectivity index (χ2v) is 6.77. The predicted molar refractivity (Wildman–Crippen MR) is 110 cm³/mol. The zero-order chi connectivity index (χ0) is 20.3. The van der Waals surface area contributed by atoms with Crippen molar-refractivity contribution in [2.75, 3.05) is 19.5 Å². The number of nitrogens with one attached hydrogen (secondary N) is 1. The van der Waals surface area contributed by atoms with Gasteiger partial charge in [0.05, 0.1) is 43.4 Å². The number of hydrogen-bond donors (Lipinski definition) is 1. The quantitative estimate of drug-likeness (QED) is 0.664. The third-order valence-electron chi connectivity index (χ3n) is 4.49. The van der Waals surface area contributed by atoms with E-state index in [2.05, 4.69) is 10.4 Å². The number of benzene rings is 2. The van der Waals surface area contributed by atoms with Crippen LogP contribution in [0.4, 0.5) is 5.69 Å². The number of ether oxygens (including phenoxy) is 2. The molecule has 0 fully saturated rings. The molecule has 28 heavy (non-hydrogen) atoms. The average molecular weight is 400 g/mol. The minimum absolute atomic E-state index is 0.288. The molecule has 0 unspecified atom stereocenters. The van der Waals surface area contributed by atoms with E-state index in [1.54, 1.807) is 18.2 Å². The lowest BCUT2D eigenvalue weighted by molar-refractivity contribution is 0.102. The number of aryl methyl sites for hydroxylation is 1. The summed E-state index contributed by atoms with van der Waals surface area (Å²) in [5.41, 5.74) is 3.69. The number of carbonyl (C=O) groups is 1. The molecule has 0 aliphatic carbocycles. The first-order chi connectivity index (χ1) is 13.4. The first-order valence-electron chi connectivity index (χ1n) is 8.75. The van der Waals surface area contributed by atoms with E-state index < -0.39 is 0 Å². The summed E-state index contributed by atoms with van der Waals surface area (Å²) in [6, 6.07) is 12.8. The second-order valence-electron chi connectivity index (χ2n) is 6.33. The minimum atomic E-state index is -0.288. The smallest absolute Gasteiger partial charge is 0.259 e. The molecule has 0 spiro atoms. The average Bonchev–Trinajstić information content (AvgIpc) is 2.94. The number of nitrogens with zero attached hydrogens (tertiary/aromatic N) is 2. The summed E-state index contributed by atoms with van der Waals surface area (Å²) in [5, 5.41) is 8.19. The molecule has 3 aromatic rings. The SMILES string of the molecule is COc1cccc(C(=O)Nc2c(C)nn(Cc3cccc(Cl)c3)c2C)c1OC. The van der Waals surface area contributed by atoms with E-state index in [4.69, 9.17) is 21.1 Å². The highest BCUT2D eigenvalue weighted by molar-refractivity contribution is 6.30. The second kappa shape index (κ2) is 8.35. The topological polar surface area (TPSA) is 65.4 Å². The Morgan fingerprint density at radius 2 is 1.89 bits per heavy atom. The van der Waals surface area contributed by atoms with Gasteiger partial charge < -0.3 is 14.8 Å². The molecular weight excluding hydrogens is 378 g/mol. The fraction of sp³-hybridized carbons (Fsp3) is 0.238. The van der Waals surface area contributed by atoms with Crippen molar-refractivity contribution < 1.29 is 14.3 Å². The molecule has 146 valence electrons. The maximum Gasteiger partial charge on any atom is 0.259 e. The molecule has 1 aromatic heterocycles. The fourth-order valence-electron chi connectivity index (χ4n) is 3.09. The number of aromatic nitrogens is 2. The molecule has 0 atom stereocenters. The van der Waals surface area contributed by atoms with Crippen LogP contribution >= 0.6 is 11.6 Å². The Kier molecular flexibility index (Phi) is 5.90. The van der Waals surface area contributed by atoms with E-state index in [0.717, 1.165) is 17.0 Å². The zero-order valence-electron chi connectivity index (χ0n) is 16.2. The van der Waals surface area contributed by atoms with Crippen LogP contribution in [0.5, 0.6) is 11.5 Å². The normalized spacial score (nSPS) is 10.6. The van der Waals surface area contributed by atoms with E-state index in [1.807, 2.05) is 42.8 Å². The van der Waals surface area contributed by atoms with Crippen molar-refractivity contribution in [3.63, 3.8) is 0 Å². The number of amides is 1. The van der Waals surface area contributed by atoms with Crippen LogP contribution in [0.1, 0.15) is 27.3 Å². The van der Waals surface area contributed by atoms with Gasteiger partial charge in [0.25, 0.3) is 5.91 Å². The number of methoxy groups -OCH3 is 2. The maximum atomic E-state index is 12.9. The van der Waals surface area contributed by atoms with Gasteiger partial charge in [0.2, 0.25) is 0 Å². The lowest BCUT2D eigenvalue weighted by Gasteiger charge is -2.13. The van der Waals surface area contributed by atoms with Gasteiger partial charge in [-0.3, -0.25) is 9.48 Å². The van der Waals surface area contributed by atoms with Crippen LogP contribution in [0.3, 0.4) is 0 Å². The number of carbonyl (C=O) groups excluding carboxylic acids is 1. The molecule has 0 bridgehead atoms. The Bertz CT molecular complexity index is 1010. The highest BCUT2D eigenvalue weighted by Gasteiger charge is 2.20. The van der Waals surface area contributed by atoms with E-state index in [1.165, 1.54) is 14.2 Å². The van der Waals surface area contributed by atoms with Crippen molar-refractivity contribution in [2.45, 2.75) is 20.4 Å². The molecule has 0 radical (unpaired) electrons. The molecule has 1 N–H and O–H groups in total. The van der Waals surface area contributed by atoms with Gasteiger partial charge in [-0.25, -0.2) is 0 Å². The molecule has 0 aliphatic heterocycles. The highest BCUT2D eigenvalue weighted by Crippen LogP contribution is 2.32. The number of halogens is 1. The Morgan fingerprint density at radius 3 is 2.57 bits per heavy atom. The molecule has 0 aliphatic rings. The van der Waals surface area contributed by atoms with Crippen LogP contribution in [0, 0.1) is 13.8 Å². The van der Waals surface area contributed by atoms with E-state index in [-0.39, 0.29) is 5.91 Å². The summed E-state index contributed by atoms with van der Waals surface area (Å²) in [4.78, 5) is 12.9. The summed E-state index contributed by atoms with van der Waals surface area (Å²) in [5.74, 6) is 0.605. The standard InChI is InChI=1S/C21H22ClN3O3/c1-13-19(14(2)25(24-13)12-15-7-5-8-16(22)11-15)23-21(26)17-9-6-10-18(27-3)20(17)28-4/h5-11H,12H2,1-4H3,(H,23,26). The van der Waals surface area contributed by atoms with Gasteiger partial charge in [0.15, 0.2) is 11.5 Å². The van der Waals surface area contributed by atoms with Gasteiger partial charge >= 0.3 is 0 Å². The van der Waals surface area contributed by atoms with Gasteiger partial charge in [-0.1, -0.05) is 29.8 Å². The number of para-hydroxylation sites is 1. The van der Waals surface area contributed by atoms with Gasteiger partial charge in [-0.05, 0) is 43.7 Å². The Labute approximate surface area is 169 Å². The maximum absolute atomic E-state index is 12.9. The number of rotatable bonds is 6. The first kappa shape index (κ1) is 19.8. The largest absolute Gasteiger partial charge is 0.493 e. The van der Waals surface area contributed by atoms with Crippen LogP contribution in [0.15, 0.2) is 42.5 Å². The van der Waals surface area contributed by atoms with Crippen molar-refractivity contribution in [2.24, 2.45) is 0 Å². The minimum Gasteiger partial charge on any atom is -0.493 e. The number of anilines is 1. The van der Waals surface area contributed by atoms with Crippen molar-refractivity contribution in [1.82, 2.24) is 9.78 Å². The van der Waals surface area contributed by atoms with Gasteiger partial charge in [0, 0.05) is 5.02 Å². The monoisotopic (exact) mass is 399 g/mol. The molecule has 1 amide bonds. The summed E-state index contributed by atoms with van der Waals surface area (Å²) in [6.45, 7) is 4.34. The van der Waals surface area contributed by atoms with Crippen LogP contribution in [0.25, 0.3) is 0 Å². The van der Waals surface area contributed by atoms with Crippen molar-refractivity contribution in [3.05, 3.63) is 70.0 Å². The Morgan fingerprint density at radius 1 is 1.14 bits per heavy atom. The van der Waals surface area contributed by atoms with Crippen molar-refractivity contribution in [1.29, 1.82) is 0 Å². The van der Waals surface area contributed by atoms with Crippen LogP contribution in [-0.4, -0.2) is 29.9 Å². The summed E-state index contributed by atoms with van der Waals surface area (Å²) >= 11 is 6.07. The molecule has 2 aromatic carbocycles. The molecule has 0 saturated heterocycles. The highest BCUT2D eigenvalue weighted by atomic mass is 35.5. The third kappa shape index (κ3) is 3.97. The van der Waals surface area contributed by atoms with E-state index in [9.17, 15) is 4.79 Å². The molecule has 6 nitrogen and oxygen atoms in total. The van der Waals surface area contributed by atoms with Gasteiger partial charge in [0.1, 0.15) is 0 Å². The van der Waals surface area contributed by atoms with Gasteiger partial charge in [-0.2, -0.15) is 5.10 Å². The fourth-order valence-corrected chi connectivity index (χ4v) is 3.30.